The van der Waals surface area contributed by atoms with Gasteiger partial charge in [0.05, 0.1) is 6.61 Å². The highest BCUT2D eigenvalue weighted by molar-refractivity contribution is 6.02. The van der Waals surface area contributed by atoms with Crippen molar-refractivity contribution in [3.8, 4) is 0 Å². The molecule has 2 rings (SSSR count). The molecule has 4 nitrogen and oxygen atoms in total. The molecule has 0 aromatic heterocycles. The van der Waals surface area contributed by atoms with Gasteiger partial charge in [-0.1, -0.05) is 17.7 Å². The fourth-order valence-electron chi connectivity index (χ4n) is 2.04. The number of fused-ring (bicyclic) bond motifs is 1. The van der Waals surface area contributed by atoms with Crippen molar-refractivity contribution in [3.05, 3.63) is 34.9 Å². The van der Waals surface area contributed by atoms with E-state index >= 15 is 0 Å². The first-order valence-corrected chi connectivity index (χ1v) is 5.72. The van der Waals surface area contributed by atoms with Crippen molar-refractivity contribution in [2.45, 2.75) is 19.8 Å². The summed E-state index contributed by atoms with van der Waals surface area (Å²) in [7, 11) is 0. The standard InChI is InChI=1S/C13H16N2O2.ClH/c1-9-2-3-10-4-6-15-12(11(10)8-9)5-7-17-13(14)16;/h2-3,8H,4-7H2,1H3,(H2,14,16);1H. The minimum absolute atomic E-state index is 0. The molecule has 1 aliphatic rings. The maximum atomic E-state index is 10.5. The summed E-state index contributed by atoms with van der Waals surface area (Å²) >= 11 is 0. The van der Waals surface area contributed by atoms with E-state index in [-0.39, 0.29) is 12.4 Å². The Morgan fingerprint density at radius 1 is 1.50 bits per heavy atom. The highest BCUT2D eigenvalue weighted by Gasteiger charge is 2.14. The smallest absolute Gasteiger partial charge is 0.404 e. The zero-order valence-electron chi connectivity index (χ0n) is 10.3. The van der Waals surface area contributed by atoms with Gasteiger partial charge in [0, 0.05) is 18.7 Å². The van der Waals surface area contributed by atoms with E-state index in [2.05, 4.69) is 30.1 Å². The average molecular weight is 269 g/mol. The number of aryl methyl sites for hydroxylation is 1. The number of carbonyl (C=O) groups excluding carboxylic acids is 1. The van der Waals surface area contributed by atoms with Gasteiger partial charge in [0.25, 0.3) is 0 Å². The number of carbonyl (C=O) groups is 1. The number of nitrogens with zero attached hydrogens (tertiary/aromatic N) is 1. The SMILES string of the molecule is Cc1ccc2c(c1)C(CCOC(N)=O)=NCC2.Cl. The second-order valence-electron chi connectivity index (χ2n) is 4.16. The van der Waals surface area contributed by atoms with Crippen LogP contribution in [0, 0.1) is 6.92 Å². The molecule has 5 heteroatoms. The molecule has 0 aliphatic carbocycles. The minimum Gasteiger partial charge on any atom is -0.449 e. The largest absolute Gasteiger partial charge is 0.449 e. The number of nitrogens with two attached hydrogens (primary N) is 1. The van der Waals surface area contributed by atoms with E-state index in [0.29, 0.717) is 13.0 Å². The van der Waals surface area contributed by atoms with E-state index < -0.39 is 6.09 Å². The first-order chi connectivity index (χ1) is 8.16. The number of aliphatic imine (C=N–C) groups is 1. The molecule has 0 saturated carbocycles. The average Bonchev–Trinajstić information content (AvgIpc) is 2.29. The number of benzene rings is 1. The molecule has 2 N–H and O–H groups in total. The predicted octanol–water partition coefficient (Wildman–Crippen LogP) is 2.25. The molecule has 0 radical (unpaired) electrons. The molecule has 1 aromatic rings. The van der Waals surface area contributed by atoms with Crippen LogP contribution in [-0.4, -0.2) is 25.0 Å². The van der Waals surface area contributed by atoms with Crippen molar-refractivity contribution in [3.63, 3.8) is 0 Å². The molecule has 0 saturated heterocycles. The monoisotopic (exact) mass is 268 g/mol. The van der Waals surface area contributed by atoms with E-state index in [9.17, 15) is 4.79 Å². The zero-order valence-corrected chi connectivity index (χ0v) is 11.1. The van der Waals surface area contributed by atoms with Gasteiger partial charge < -0.3 is 10.5 Å². The summed E-state index contributed by atoms with van der Waals surface area (Å²) in [6.45, 7) is 3.16. The Labute approximate surface area is 113 Å². The predicted molar refractivity (Wildman–Crippen MR) is 73.7 cm³/mol. The third-order valence-corrected chi connectivity index (χ3v) is 2.84. The lowest BCUT2D eigenvalue weighted by Crippen LogP contribution is -2.18. The molecule has 1 aliphatic heterocycles. The molecule has 0 atom stereocenters. The number of primary amides is 1. The maximum absolute atomic E-state index is 10.5. The number of halogens is 1. The van der Waals surface area contributed by atoms with Crippen LogP contribution in [0.25, 0.3) is 0 Å². The fraction of sp³-hybridized carbons (Fsp3) is 0.385. The van der Waals surface area contributed by atoms with E-state index in [0.717, 1.165) is 18.7 Å². The lowest BCUT2D eigenvalue weighted by molar-refractivity contribution is 0.160. The summed E-state index contributed by atoms with van der Waals surface area (Å²) < 4.78 is 4.75. The number of hydrogen-bond donors (Lipinski definition) is 1. The van der Waals surface area contributed by atoms with Gasteiger partial charge in [0.15, 0.2) is 0 Å². The summed E-state index contributed by atoms with van der Waals surface area (Å²) in [6.07, 6.45) is 0.876. The van der Waals surface area contributed by atoms with Crippen LogP contribution >= 0.6 is 12.4 Å². The van der Waals surface area contributed by atoms with E-state index in [1.54, 1.807) is 0 Å². The van der Waals surface area contributed by atoms with Gasteiger partial charge in [-0.05, 0) is 30.5 Å². The highest BCUT2D eigenvalue weighted by Crippen LogP contribution is 2.19. The van der Waals surface area contributed by atoms with Crippen molar-refractivity contribution < 1.29 is 9.53 Å². The Kier molecular flexibility index (Phi) is 5.16. The molecule has 0 unspecified atom stereocenters. The Bertz CT molecular complexity index is 472. The quantitative estimate of drug-likeness (QED) is 0.914. The summed E-state index contributed by atoms with van der Waals surface area (Å²) in [6, 6.07) is 6.40. The number of rotatable bonds is 3. The lowest BCUT2D eigenvalue weighted by Gasteiger charge is -2.17. The Hall–Kier alpha value is -1.55. The van der Waals surface area contributed by atoms with Crippen molar-refractivity contribution in [1.82, 2.24) is 0 Å². The van der Waals surface area contributed by atoms with Crippen LogP contribution in [0.1, 0.15) is 23.1 Å². The molecular weight excluding hydrogens is 252 g/mol. The summed E-state index contributed by atoms with van der Waals surface area (Å²) in [5.41, 5.74) is 9.66. The van der Waals surface area contributed by atoms with Crippen LogP contribution in [0.2, 0.25) is 0 Å². The number of hydrogen-bond acceptors (Lipinski definition) is 3. The molecule has 0 spiro atoms. The van der Waals surface area contributed by atoms with Gasteiger partial charge in [0.2, 0.25) is 0 Å². The lowest BCUT2D eigenvalue weighted by atomic mass is 9.94. The van der Waals surface area contributed by atoms with Gasteiger partial charge in [-0.15, -0.1) is 12.4 Å². The summed E-state index contributed by atoms with van der Waals surface area (Å²) in [5, 5.41) is 0. The van der Waals surface area contributed by atoms with E-state index in [1.165, 1.54) is 16.7 Å². The van der Waals surface area contributed by atoms with Gasteiger partial charge >= 0.3 is 6.09 Å². The van der Waals surface area contributed by atoms with Crippen molar-refractivity contribution >= 4 is 24.2 Å². The zero-order chi connectivity index (χ0) is 12.3. The molecule has 0 bridgehead atoms. The van der Waals surface area contributed by atoms with Crippen molar-refractivity contribution in [2.75, 3.05) is 13.2 Å². The molecular formula is C13H17ClN2O2. The third kappa shape index (κ3) is 3.47. The normalized spacial score (nSPS) is 13.1. The second kappa shape index (κ2) is 6.40. The summed E-state index contributed by atoms with van der Waals surface area (Å²) in [4.78, 5) is 15.0. The van der Waals surface area contributed by atoms with Crippen LogP contribution in [0.4, 0.5) is 4.79 Å². The van der Waals surface area contributed by atoms with Gasteiger partial charge in [-0.2, -0.15) is 0 Å². The van der Waals surface area contributed by atoms with Crippen molar-refractivity contribution in [1.29, 1.82) is 0 Å². The Morgan fingerprint density at radius 3 is 3.00 bits per heavy atom. The second-order valence-corrected chi connectivity index (χ2v) is 4.16. The minimum atomic E-state index is -0.731. The maximum Gasteiger partial charge on any atom is 0.404 e. The van der Waals surface area contributed by atoms with Gasteiger partial charge in [0.1, 0.15) is 0 Å². The van der Waals surface area contributed by atoms with Crippen LogP contribution in [0.15, 0.2) is 23.2 Å². The van der Waals surface area contributed by atoms with E-state index in [4.69, 9.17) is 10.5 Å². The third-order valence-electron chi connectivity index (χ3n) is 2.84. The topological polar surface area (TPSA) is 64.7 Å². The Morgan fingerprint density at radius 2 is 2.28 bits per heavy atom. The highest BCUT2D eigenvalue weighted by atomic mass is 35.5. The molecule has 98 valence electrons. The molecule has 18 heavy (non-hydrogen) atoms. The molecule has 0 fully saturated rings. The van der Waals surface area contributed by atoms with Gasteiger partial charge in [-0.25, -0.2) is 4.79 Å². The van der Waals surface area contributed by atoms with Crippen LogP contribution < -0.4 is 5.73 Å². The number of ether oxygens (including phenoxy) is 1. The summed E-state index contributed by atoms with van der Waals surface area (Å²) in [5.74, 6) is 0. The van der Waals surface area contributed by atoms with Crippen LogP contribution in [-0.2, 0) is 11.2 Å². The van der Waals surface area contributed by atoms with Crippen LogP contribution in [0.5, 0.6) is 0 Å². The van der Waals surface area contributed by atoms with Gasteiger partial charge in [-0.3, -0.25) is 4.99 Å². The first-order valence-electron chi connectivity index (χ1n) is 5.72. The first kappa shape index (κ1) is 14.5. The fourth-order valence-corrected chi connectivity index (χ4v) is 2.04. The molecule has 1 heterocycles. The van der Waals surface area contributed by atoms with Crippen molar-refractivity contribution in [2.24, 2.45) is 10.7 Å². The van der Waals surface area contributed by atoms with Crippen LogP contribution in [0.3, 0.4) is 0 Å². The number of amides is 1. The van der Waals surface area contributed by atoms with E-state index in [1.807, 2.05) is 0 Å². The molecule has 1 amide bonds. The molecule has 1 aromatic carbocycles. The Balaban J connectivity index is 0.00000162.